The monoisotopic (exact) mass is 461 g/mol. The molecule has 0 spiro atoms. The van der Waals surface area contributed by atoms with Crippen molar-refractivity contribution < 1.29 is 0 Å². The second-order valence-corrected chi connectivity index (χ2v) is 9.35. The van der Waals surface area contributed by atoms with E-state index >= 15 is 0 Å². The van der Waals surface area contributed by atoms with E-state index in [9.17, 15) is 0 Å². The quantitative estimate of drug-likeness (QED) is 0.254. The smallest absolute Gasteiger partial charge is 0.150 e. The summed E-state index contributed by atoms with van der Waals surface area (Å²) in [7, 11) is 1.73. The average molecular weight is 462 g/mol. The fourth-order valence-electron chi connectivity index (χ4n) is 3.38. The molecule has 0 aliphatic heterocycles. The van der Waals surface area contributed by atoms with Gasteiger partial charge in [-0.05, 0) is 60.2 Å². The molecule has 2 aromatic carbocycles. The van der Waals surface area contributed by atoms with Crippen LogP contribution in [0.5, 0.6) is 0 Å². The van der Waals surface area contributed by atoms with E-state index in [0.29, 0.717) is 10.9 Å². The zero-order chi connectivity index (χ0) is 23.8. The molecule has 0 radical (unpaired) electrons. The molecule has 0 atom stereocenters. The molecule has 0 fully saturated rings. The van der Waals surface area contributed by atoms with Crippen molar-refractivity contribution in [2.75, 3.05) is 18.9 Å². The minimum absolute atomic E-state index is 0.162. The second kappa shape index (κ2) is 11.1. The highest BCUT2D eigenvalue weighted by Crippen LogP contribution is 2.23. The molecule has 0 aliphatic rings. The molecule has 0 saturated carbocycles. The van der Waals surface area contributed by atoms with Crippen molar-refractivity contribution in [1.82, 2.24) is 10.4 Å². The van der Waals surface area contributed by atoms with Gasteiger partial charge in [-0.1, -0.05) is 62.7 Å². The van der Waals surface area contributed by atoms with Crippen molar-refractivity contribution in [3.05, 3.63) is 94.3 Å². The zero-order valence-corrected chi connectivity index (χ0v) is 20.7. The second-order valence-electron chi connectivity index (χ2n) is 8.91. The summed E-state index contributed by atoms with van der Waals surface area (Å²) in [6.07, 6.45) is 2.66. The number of nitrogens with zero attached hydrogens (tertiary/aromatic N) is 3. The largest absolute Gasteiger partial charge is 0.384 e. The Bertz CT molecular complexity index is 1110. The SMILES string of the molecule is CN=C(N/N=C(\C)c1ccccn1)c1cc(Cl)ccc1NCCc1ccc(C(C)(C)C)cc1. The van der Waals surface area contributed by atoms with E-state index in [1.165, 1.54) is 11.1 Å². The number of nitrogens with one attached hydrogen (secondary N) is 2. The van der Waals surface area contributed by atoms with Gasteiger partial charge >= 0.3 is 0 Å². The van der Waals surface area contributed by atoms with Crippen LogP contribution in [0.3, 0.4) is 0 Å². The number of anilines is 1. The minimum Gasteiger partial charge on any atom is -0.384 e. The number of amidine groups is 1. The summed E-state index contributed by atoms with van der Waals surface area (Å²) in [6, 6.07) is 20.3. The van der Waals surface area contributed by atoms with Crippen LogP contribution in [0.25, 0.3) is 0 Å². The first-order valence-corrected chi connectivity index (χ1v) is 11.5. The Morgan fingerprint density at radius 1 is 1.03 bits per heavy atom. The fraction of sp³-hybridized carbons (Fsp3) is 0.296. The number of aliphatic imine (C=N–C) groups is 1. The van der Waals surface area contributed by atoms with Crippen LogP contribution in [-0.4, -0.2) is 30.1 Å². The summed E-state index contributed by atoms with van der Waals surface area (Å²) >= 11 is 6.30. The Balaban J connectivity index is 1.70. The van der Waals surface area contributed by atoms with Crippen molar-refractivity contribution >= 4 is 28.8 Å². The maximum atomic E-state index is 6.30. The van der Waals surface area contributed by atoms with Crippen LogP contribution >= 0.6 is 11.6 Å². The van der Waals surface area contributed by atoms with Crippen LogP contribution in [0, 0.1) is 0 Å². The average Bonchev–Trinajstić information content (AvgIpc) is 2.81. The van der Waals surface area contributed by atoms with Crippen molar-refractivity contribution in [2.24, 2.45) is 10.1 Å². The fourth-order valence-corrected chi connectivity index (χ4v) is 3.55. The molecule has 6 heteroatoms. The molecule has 3 aromatic rings. The van der Waals surface area contributed by atoms with Crippen LogP contribution < -0.4 is 10.7 Å². The maximum absolute atomic E-state index is 6.30. The zero-order valence-electron chi connectivity index (χ0n) is 20.0. The summed E-state index contributed by atoms with van der Waals surface area (Å²) < 4.78 is 0. The minimum atomic E-state index is 0.162. The van der Waals surface area contributed by atoms with Gasteiger partial charge in [-0.3, -0.25) is 15.4 Å². The number of hydrazone groups is 1. The van der Waals surface area contributed by atoms with Gasteiger partial charge in [0.1, 0.15) is 0 Å². The van der Waals surface area contributed by atoms with Gasteiger partial charge in [0, 0.05) is 36.1 Å². The van der Waals surface area contributed by atoms with Crippen LogP contribution in [-0.2, 0) is 11.8 Å². The molecular weight excluding hydrogens is 430 g/mol. The van der Waals surface area contributed by atoms with E-state index < -0.39 is 0 Å². The number of rotatable bonds is 7. The van der Waals surface area contributed by atoms with Gasteiger partial charge in [0.2, 0.25) is 0 Å². The summed E-state index contributed by atoms with van der Waals surface area (Å²) in [4.78, 5) is 8.73. The van der Waals surface area contributed by atoms with Gasteiger partial charge in [-0.2, -0.15) is 5.10 Å². The van der Waals surface area contributed by atoms with Crippen molar-refractivity contribution in [3.63, 3.8) is 0 Å². The van der Waals surface area contributed by atoms with Crippen LogP contribution in [0.4, 0.5) is 5.69 Å². The lowest BCUT2D eigenvalue weighted by Gasteiger charge is -2.19. The Morgan fingerprint density at radius 3 is 2.42 bits per heavy atom. The third-order valence-electron chi connectivity index (χ3n) is 5.37. The highest BCUT2D eigenvalue weighted by atomic mass is 35.5. The molecule has 172 valence electrons. The first-order chi connectivity index (χ1) is 15.8. The molecule has 0 saturated heterocycles. The van der Waals surface area contributed by atoms with E-state index in [1.807, 2.05) is 43.3 Å². The molecule has 3 rings (SSSR count). The predicted octanol–water partition coefficient (Wildman–Crippen LogP) is 6.08. The molecule has 0 unspecified atom stereocenters. The number of halogens is 1. The van der Waals surface area contributed by atoms with Crippen molar-refractivity contribution in [2.45, 2.75) is 39.5 Å². The lowest BCUT2D eigenvalue weighted by atomic mass is 9.86. The third kappa shape index (κ3) is 6.90. The van der Waals surface area contributed by atoms with Gasteiger partial charge < -0.3 is 5.32 Å². The highest BCUT2D eigenvalue weighted by molar-refractivity contribution is 6.31. The van der Waals surface area contributed by atoms with Gasteiger partial charge in [0.25, 0.3) is 0 Å². The van der Waals surface area contributed by atoms with Crippen LogP contribution in [0.1, 0.15) is 50.1 Å². The number of benzene rings is 2. The van der Waals surface area contributed by atoms with E-state index in [-0.39, 0.29) is 5.41 Å². The van der Waals surface area contributed by atoms with Crippen LogP contribution in [0.2, 0.25) is 5.02 Å². The Hall–Kier alpha value is -3.18. The predicted molar refractivity (Wildman–Crippen MR) is 141 cm³/mol. The molecule has 0 aliphatic carbocycles. The molecule has 5 nitrogen and oxygen atoms in total. The Labute approximate surface area is 202 Å². The summed E-state index contributed by atoms with van der Waals surface area (Å²) in [6.45, 7) is 9.39. The first kappa shape index (κ1) is 24.5. The van der Waals surface area contributed by atoms with Gasteiger partial charge in [0.15, 0.2) is 5.84 Å². The molecule has 1 aromatic heterocycles. The molecule has 2 N–H and O–H groups in total. The molecule has 1 heterocycles. The van der Waals surface area contributed by atoms with Gasteiger partial charge in [-0.25, -0.2) is 0 Å². The standard InChI is InChI=1S/C27H32ClN5/c1-19(24-8-6-7-16-30-24)32-33-26(29-5)23-18-22(28)13-14-25(23)31-17-15-20-9-11-21(12-10-20)27(2,3)4/h6-14,16,18,31H,15,17H2,1-5H3,(H,29,33)/b32-19+. The van der Waals surface area contributed by atoms with Crippen molar-refractivity contribution in [1.29, 1.82) is 0 Å². The summed E-state index contributed by atoms with van der Waals surface area (Å²) in [5.74, 6) is 0.629. The Kier molecular flexibility index (Phi) is 8.23. The lowest BCUT2D eigenvalue weighted by molar-refractivity contribution is 0.590. The van der Waals surface area contributed by atoms with Crippen molar-refractivity contribution in [3.8, 4) is 0 Å². The van der Waals surface area contributed by atoms with E-state index in [4.69, 9.17) is 11.6 Å². The lowest BCUT2D eigenvalue weighted by Crippen LogP contribution is -2.22. The first-order valence-electron chi connectivity index (χ1n) is 11.1. The molecule has 0 bridgehead atoms. The van der Waals surface area contributed by atoms with Crippen LogP contribution in [0.15, 0.2) is 77.0 Å². The molecule has 33 heavy (non-hydrogen) atoms. The van der Waals surface area contributed by atoms with E-state index in [1.54, 1.807) is 13.2 Å². The van der Waals surface area contributed by atoms with Gasteiger partial charge in [0.05, 0.1) is 11.4 Å². The number of hydrogen-bond acceptors (Lipinski definition) is 4. The molecule has 0 amide bonds. The third-order valence-corrected chi connectivity index (χ3v) is 5.61. The number of aromatic nitrogens is 1. The maximum Gasteiger partial charge on any atom is 0.150 e. The Morgan fingerprint density at radius 2 is 1.79 bits per heavy atom. The normalized spacial score (nSPS) is 12.5. The summed E-state index contributed by atoms with van der Waals surface area (Å²) in [5, 5.41) is 8.64. The molecular formula is C27H32ClN5. The number of hydrogen-bond donors (Lipinski definition) is 2. The van der Waals surface area contributed by atoms with Gasteiger partial charge in [-0.15, -0.1) is 0 Å². The topological polar surface area (TPSA) is 61.7 Å². The van der Waals surface area contributed by atoms with E-state index in [2.05, 4.69) is 70.9 Å². The van der Waals surface area contributed by atoms with E-state index in [0.717, 1.165) is 35.6 Å². The summed E-state index contributed by atoms with van der Waals surface area (Å²) in [5.41, 5.74) is 9.27. The number of pyridine rings is 1. The highest BCUT2D eigenvalue weighted by Gasteiger charge is 2.13.